The Morgan fingerprint density at radius 1 is 1.06 bits per heavy atom. The molecule has 0 aliphatic heterocycles. The normalized spacial score (nSPS) is 13.9. The number of rotatable bonds is 6. The highest BCUT2D eigenvalue weighted by molar-refractivity contribution is 5.95. The standard InChI is InChI=1S/C25H25F3N4O/c26-25(27,28)19-9-4-8-18(16-19)22-13-12-21(29)23(31-22)32(20-10-5-11-20)24(33)30-15-14-17-6-2-1-3-7-17/h1-4,6-9,12-13,16,20H,5,10-11,14-15,29H2,(H,30,33). The van der Waals surface area contributed by atoms with Crippen molar-refractivity contribution in [1.82, 2.24) is 10.3 Å². The number of hydrogen-bond donors (Lipinski definition) is 2. The maximum atomic E-state index is 13.2. The molecule has 0 radical (unpaired) electrons. The molecule has 0 spiro atoms. The van der Waals surface area contributed by atoms with Crippen LogP contribution in [0.2, 0.25) is 0 Å². The van der Waals surface area contributed by atoms with Gasteiger partial charge in [-0.2, -0.15) is 13.2 Å². The van der Waals surface area contributed by atoms with E-state index in [9.17, 15) is 18.0 Å². The molecule has 3 aromatic rings. The van der Waals surface area contributed by atoms with Crippen molar-refractivity contribution in [2.75, 3.05) is 17.2 Å². The van der Waals surface area contributed by atoms with Gasteiger partial charge in [-0.3, -0.25) is 4.90 Å². The fourth-order valence-corrected chi connectivity index (χ4v) is 3.79. The minimum absolute atomic E-state index is 0.0479. The number of anilines is 2. The van der Waals surface area contributed by atoms with Crippen LogP contribution in [-0.2, 0) is 12.6 Å². The molecule has 3 N–H and O–H groups in total. The molecule has 1 aliphatic carbocycles. The van der Waals surface area contributed by atoms with Gasteiger partial charge in [0.2, 0.25) is 0 Å². The molecule has 0 bridgehead atoms. The fourth-order valence-electron chi connectivity index (χ4n) is 3.79. The van der Waals surface area contributed by atoms with Crippen molar-refractivity contribution in [3.63, 3.8) is 0 Å². The summed E-state index contributed by atoms with van der Waals surface area (Å²) in [6.45, 7) is 0.444. The van der Waals surface area contributed by atoms with E-state index in [0.717, 1.165) is 37.0 Å². The predicted molar refractivity (Wildman–Crippen MR) is 123 cm³/mol. The minimum Gasteiger partial charge on any atom is -0.396 e. The molecule has 4 rings (SSSR count). The zero-order valence-corrected chi connectivity index (χ0v) is 18.0. The Bertz CT molecular complexity index is 1110. The average molecular weight is 454 g/mol. The van der Waals surface area contributed by atoms with Gasteiger partial charge in [0.05, 0.1) is 16.9 Å². The van der Waals surface area contributed by atoms with E-state index >= 15 is 0 Å². The lowest BCUT2D eigenvalue weighted by Crippen LogP contribution is -2.50. The lowest BCUT2D eigenvalue weighted by Gasteiger charge is -2.37. The number of pyridine rings is 1. The first kappa shape index (κ1) is 22.6. The van der Waals surface area contributed by atoms with Gasteiger partial charge in [-0.15, -0.1) is 0 Å². The molecule has 33 heavy (non-hydrogen) atoms. The molecular formula is C25H25F3N4O. The summed E-state index contributed by atoms with van der Waals surface area (Å²) < 4.78 is 39.5. The fraction of sp³-hybridized carbons (Fsp3) is 0.280. The van der Waals surface area contributed by atoms with E-state index in [1.54, 1.807) is 23.1 Å². The summed E-state index contributed by atoms with van der Waals surface area (Å²) >= 11 is 0. The maximum Gasteiger partial charge on any atom is 0.416 e. The summed E-state index contributed by atoms with van der Waals surface area (Å²) in [6, 6.07) is 17.6. The Balaban J connectivity index is 1.58. The van der Waals surface area contributed by atoms with Crippen molar-refractivity contribution in [3.05, 3.63) is 77.9 Å². The van der Waals surface area contributed by atoms with Crippen LogP contribution in [0.1, 0.15) is 30.4 Å². The SMILES string of the molecule is Nc1ccc(-c2cccc(C(F)(F)F)c2)nc1N(C(=O)NCCc1ccccc1)C1CCC1. The smallest absolute Gasteiger partial charge is 0.396 e. The first-order chi connectivity index (χ1) is 15.8. The van der Waals surface area contributed by atoms with E-state index in [4.69, 9.17) is 5.73 Å². The lowest BCUT2D eigenvalue weighted by molar-refractivity contribution is -0.137. The van der Waals surface area contributed by atoms with Crippen LogP contribution in [0, 0.1) is 0 Å². The summed E-state index contributed by atoms with van der Waals surface area (Å²) in [5.41, 5.74) is 7.47. The van der Waals surface area contributed by atoms with Gasteiger partial charge in [0.15, 0.2) is 5.82 Å². The van der Waals surface area contributed by atoms with Crippen LogP contribution in [0.5, 0.6) is 0 Å². The van der Waals surface area contributed by atoms with Gasteiger partial charge >= 0.3 is 12.2 Å². The molecule has 1 aromatic heterocycles. The third kappa shape index (κ3) is 5.27. The Labute approximate surface area is 190 Å². The largest absolute Gasteiger partial charge is 0.416 e. The van der Waals surface area contributed by atoms with E-state index in [-0.39, 0.29) is 17.9 Å². The van der Waals surface area contributed by atoms with Gasteiger partial charge in [0.1, 0.15) is 0 Å². The number of carbonyl (C=O) groups excluding carboxylic acids is 1. The molecule has 0 atom stereocenters. The molecule has 2 amide bonds. The first-order valence-electron chi connectivity index (χ1n) is 10.9. The Morgan fingerprint density at radius 3 is 2.48 bits per heavy atom. The molecule has 0 saturated heterocycles. The second kappa shape index (κ2) is 9.52. The Hall–Kier alpha value is -3.55. The van der Waals surface area contributed by atoms with Crippen molar-refractivity contribution >= 4 is 17.5 Å². The number of hydrogen-bond acceptors (Lipinski definition) is 3. The summed E-state index contributed by atoms with van der Waals surface area (Å²) in [6.07, 6.45) is -1.14. The van der Waals surface area contributed by atoms with E-state index < -0.39 is 11.7 Å². The molecule has 1 fully saturated rings. The molecule has 8 heteroatoms. The first-order valence-corrected chi connectivity index (χ1v) is 10.9. The quantitative estimate of drug-likeness (QED) is 0.505. The zero-order valence-electron chi connectivity index (χ0n) is 18.0. The highest BCUT2D eigenvalue weighted by Crippen LogP contribution is 2.35. The molecule has 172 valence electrons. The number of alkyl halides is 3. The van der Waals surface area contributed by atoms with Crippen molar-refractivity contribution < 1.29 is 18.0 Å². The molecule has 1 saturated carbocycles. The Kier molecular flexibility index (Phi) is 6.53. The van der Waals surface area contributed by atoms with E-state index in [0.29, 0.717) is 29.9 Å². The number of aromatic nitrogens is 1. The summed E-state index contributed by atoms with van der Waals surface area (Å²) in [7, 11) is 0. The average Bonchev–Trinajstić information content (AvgIpc) is 2.77. The minimum atomic E-state index is -4.46. The monoisotopic (exact) mass is 454 g/mol. The topological polar surface area (TPSA) is 71.2 Å². The van der Waals surface area contributed by atoms with Crippen molar-refractivity contribution in [3.8, 4) is 11.3 Å². The lowest BCUT2D eigenvalue weighted by atomic mass is 9.91. The molecule has 0 unspecified atom stereocenters. The van der Waals surface area contributed by atoms with Crippen LogP contribution in [0.25, 0.3) is 11.3 Å². The summed E-state index contributed by atoms with van der Waals surface area (Å²) in [4.78, 5) is 19.2. The second-order valence-electron chi connectivity index (χ2n) is 8.11. The summed E-state index contributed by atoms with van der Waals surface area (Å²) in [5, 5.41) is 2.94. The molecule has 2 aromatic carbocycles. The number of benzene rings is 2. The highest BCUT2D eigenvalue weighted by atomic mass is 19.4. The molecule has 5 nitrogen and oxygen atoms in total. The highest BCUT2D eigenvalue weighted by Gasteiger charge is 2.33. The predicted octanol–water partition coefficient (Wildman–Crippen LogP) is 5.66. The van der Waals surface area contributed by atoms with Crippen LogP contribution in [0.4, 0.5) is 29.5 Å². The van der Waals surface area contributed by atoms with Gasteiger partial charge in [-0.05, 0) is 55.5 Å². The summed E-state index contributed by atoms with van der Waals surface area (Å²) in [5.74, 6) is 0.270. The van der Waals surface area contributed by atoms with E-state index in [2.05, 4.69) is 10.3 Å². The van der Waals surface area contributed by atoms with Gasteiger partial charge in [0, 0.05) is 18.2 Å². The van der Waals surface area contributed by atoms with Crippen molar-refractivity contribution in [2.24, 2.45) is 0 Å². The zero-order chi connectivity index (χ0) is 23.4. The molecular weight excluding hydrogens is 429 g/mol. The number of nitrogens with zero attached hydrogens (tertiary/aromatic N) is 2. The van der Waals surface area contributed by atoms with E-state index in [1.807, 2.05) is 30.3 Å². The number of nitrogens with one attached hydrogen (secondary N) is 1. The van der Waals surface area contributed by atoms with Crippen LogP contribution in [0.3, 0.4) is 0 Å². The second-order valence-corrected chi connectivity index (χ2v) is 8.11. The van der Waals surface area contributed by atoms with Crippen LogP contribution in [-0.4, -0.2) is 23.6 Å². The Morgan fingerprint density at radius 2 is 1.82 bits per heavy atom. The maximum absolute atomic E-state index is 13.2. The number of carbonyl (C=O) groups is 1. The van der Waals surface area contributed by atoms with Crippen LogP contribution < -0.4 is 16.0 Å². The van der Waals surface area contributed by atoms with Crippen LogP contribution >= 0.6 is 0 Å². The van der Waals surface area contributed by atoms with Gasteiger partial charge in [-0.1, -0.05) is 42.5 Å². The van der Waals surface area contributed by atoms with Crippen molar-refractivity contribution in [2.45, 2.75) is 37.9 Å². The van der Waals surface area contributed by atoms with Gasteiger partial charge in [0.25, 0.3) is 0 Å². The van der Waals surface area contributed by atoms with Crippen molar-refractivity contribution in [1.29, 1.82) is 0 Å². The third-order valence-corrected chi connectivity index (χ3v) is 5.81. The number of amides is 2. The van der Waals surface area contributed by atoms with Gasteiger partial charge in [-0.25, -0.2) is 9.78 Å². The number of urea groups is 1. The molecule has 1 aliphatic rings. The van der Waals surface area contributed by atoms with Crippen LogP contribution in [0.15, 0.2) is 66.7 Å². The van der Waals surface area contributed by atoms with Gasteiger partial charge < -0.3 is 11.1 Å². The number of nitrogen functional groups attached to an aromatic ring is 1. The third-order valence-electron chi connectivity index (χ3n) is 5.81. The number of halogens is 3. The molecule has 1 heterocycles. The number of nitrogens with two attached hydrogens (primary N) is 1. The van der Waals surface area contributed by atoms with E-state index in [1.165, 1.54) is 6.07 Å².